The molecule has 0 spiro atoms. The van der Waals surface area contributed by atoms with Crippen LogP contribution >= 0.6 is 0 Å². The molecule has 0 bridgehead atoms. The first kappa shape index (κ1) is 19.4. The molecule has 0 aromatic rings. The van der Waals surface area contributed by atoms with Crippen LogP contribution in [-0.4, -0.2) is 0 Å². The molecule has 0 fully saturated rings. The standard InChI is InChI=1S/C8H12.C3H5.ClHO4.Pd/c1-2-4-6-8-7-5-3-1;1-3-2;2-1(3,4)5;/h1-2,7-8H,3-6H2;3H,1-2H2;(H,2,3,4,5);/q;;;+1/p-1/b2-1-,8-7-;;;. The van der Waals surface area contributed by atoms with Gasteiger partial charge in [-0.3, -0.25) is 0 Å². The van der Waals surface area contributed by atoms with Crippen LogP contribution in [0.25, 0.3) is 0 Å². The zero-order chi connectivity index (χ0) is 13.6. The van der Waals surface area contributed by atoms with Crippen molar-refractivity contribution in [1.82, 2.24) is 0 Å². The van der Waals surface area contributed by atoms with Crippen molar-refractivity contribution in [3.8, 4) is 0 Å². The van der Waals surface area contributed by atoms with Crippen molar-refractivity contribution in [2.45, 2.75) is 30.6 Å². The van der Waals surface area contributed by atoms with E-state index in [4.69, 9.17) is 18.6 Å². The molecule has 0 unspecified atom stereocenters. The number of hydrogen-bond donors (Lipinski definition) is 0. The third kappa shape index (κ3) is 38.7. The molecule has 0 aromatic heterocycles. The predicted octanol–water partition coefficient (Wildman–Crippen LogP) is -0.946. The zero-order valence-corrected chi connectivity index (χ0v) is 11.8. The Labute approximate surface area is 115 Å². The Morgan fingerprint density at radius 1 is 0.941 bits per heavy atom. The second-order valence-electron chi connectivity index (χ2n) is 2.89. The Morgan fingerprint density at radius 2 is 1.12 bits per heavy atom. The van der Waals surface area contributed by atoms with Gasteiger partial charge in [-0.25, -0.2) is 18.6 Å². The topological polar surface area (TPSA) is 92.2 Å². The molecule has 1 aliphatic rings. The zero-order valence-electron chi connectivity index (χ0n) is 9.46. The third-order valence-corrected chi connectivity index (χ3v) is 1.87. The molecule has 0 heterocycles. The van der Waals surface area contributed by atoms with Gasteiger partial charge in [0.15, 0.2) is 0 Å². The van der Waals surface area contributed by atoms with Crippen molar-refractivity contribution in [2.75, 3.05) is 0 Å². The maximum atomic E-state index is 8.49. The first-order valence-corrected chi connectivity index (χ1v) is 7.29. The minimum Gasteiger partial charge on any atom is -0.222 e. The van der Waals surface area contributed by atoms with E-state index < -0.39 is 10.2 Å². The van der Waals surface area contributed by atoms with Gasteiger partial charge in [0, 0.05) is 0 Å². The molecule has 6 heteroatoms. The van der Waals surface area contributed by atoms with Crippen LogP contribution in [0.3, 0.4) is 0 Å². The molecular weight excluding hydrogens is 338 g/mol. The van der Waals surface area contributed by atoms with Gasteiger partial charge in [-0.05, 0) is 25.7 Å². The summed E-state index contributed by atoms with van der Waals surface area (Å²) >= 11 is 2.92. The van der Waals surface area contributed by atoms with E-state index in [0.29, 0.717) is 0 Å². The van der Waals surface area contributed by atoms with Gasteiger partial charge in [0.05, 0.1) is 0 Å². The van der Waals surface area contributed by atoms with E-state index >= 15 is 0 Å². The molecule has 102 valence electrons. The van der Waals surface area contributed by atoms with Gasteiger partial charge in [0.2, 0.25) is 0 Å². The maximum absolute atomic E-state index is 8.49. The number of halogens is 1. The van der Waals surface area contributed by atoms with Crippen molar-refractivity contribution >= 4 is 0 Å². The summed E-state index contributed by atoms with van der Waals surface area (Å²) in [5.74, 6) is 0. The van der Waals surface area contributed by atoms with E-state index in [1.54, 1.807) is 0 Å². The van der Waals surface area contributed by atoms with E-state index in [-0.39, 0.29) is 0 Å². The van der Waals surface area contributed by atoms with Crippen LogP contribution in [0.15, 0.2) is 37.0 Å². The van der Waals surface area contributed by atoms with E-state index in [0.717, 1.165) is 4.89 Å². The smallest absolute Gasteiger partial charge is 0.112 e. The molecule has 0 amide bonds. The Kier molecular flexibility index (Phi) is 16.0. The number of allylic oxidation sites excluding steroid dienone is 5. The molecule has 17 heavy (non-hydrogen) atoms. The van der Waals surface area contributed by atoms with Crippen LogP contribution in [-0.2, 0) is 19.2 Å². The molecule has 0 saturated carbocycles. The summed E-state index contributed by atoms with van der Waals surface area (Å²) in [4.78, 5) is 0.933. The molecule has 0 N–H and O–H groups in total. The Bertz CT molecular complexity index is 192. The Hall–Kier alpha value is 0.0123. The third-order valence-electron chi connectivity index (χ3n) is 1.42. The summed E-state index contributed by atoms with van der Waals surface area (Å²) in [7, 11) is -4.94. The van der Waals surface area contributed by atoms with Crippen LogP contribution in [0.4, 0.5) is 0 Å². The minimum atomic E-state index is -4.94. The summed E-state index contributed by atoms with van der Waals surface area (Å²) in [6, 6.07) is 0. The molecular formula is C11H17ClO4Pd. The van der Waals surface area contributed by atoms with Gasteiger partial charge in [0.25, 0.3) is 0 Å². The fourth-order valence-corrected chi connectivity index (χ4v) is 0.856. The summed E-state index contributed by atoms with van der Waals surface area (Å²) in [6.07, 6.45) is 15.8. The predicted molar refractivity (Wildman–Crippen MR) is 51.8 cm³/mol. The molecule has 1 aliphatic carbocycles. The van der Waals surface area contributed by atoms with Gasteiger partial charge in [-0.2, -0.15) is 0 Å². The van der Waals surface area contributed by atoms with Crippen molar-refractivity contribution < 1.29 is 48.1 Å². The normalized spacial score (nSPS) is 18.2. The molecule has 4 nitrogen and oxygen atoms in total. The summed E-state index contributed by atoms with van der Waals surface area (Å²) in [5.41, 5.74) is 0. The second-order valence-corrected chi connectivity index (χ2v) is 4.28. The number of hydrogen-bond acceptors (Lipinski definition) is 4. The average Bonchev–Trinajstić information content (AvgIpc) is 2.14. The molecule has 1 rings (SSSR count). The molecule has 0 aliphatic heterocycles. The van der Waals surface area contributed by atoms with Crippen LogP contribution < -0.4 is 18.6 Å². The summed E-state index contributed by atoms with van der Waals surface area (Å²) < 4.78 is 34.0. The van der Waals surface area contributed by atoms with Crippen LogP contribution in [0, 0.1) is 10.2 Å². The van der Waals surface area contributed by atoms with Crippen molar-refractivity contribution in [2.24, 2.45) is 0 Å². The summed E-state index contributed by atoms with van der Waals surface area (Å²) in [5, 5.41) is 0. The van der Waals surface area contributed by atoms with Crippen molar-refractivity contribution in [3.05, 3.63) is 37.0 Å². The quantitative estimate of drug-likeness (QED) is 0.448. The first-order chi connectivity index (χ1) is 7.91. The average molecular weight is 355 g/mol. The van der Waals surface area contributed by atoms with Gasteiger partial charge in [-0.1, -0.05) is 24.3 Å². The van der Waals surface area contributed by atoms with Gasteiger partial charge < -0.3 is 0 Å². The largest absolute Gasteiger partial charge is 0.222 e. The summed E-state index contributed by atoms with van der Waals surface area (Å²) in [6.45, 7) is 3.44. The SMILES string of the molecule is C1=C\CC/C=C\CC/1.C=C[CH2][Pd+].[O-][Cl+3]([O-])([O-])[O-]. The first-order valence-electron chi connectivity index (χ1n) is 4.96. The van der Waals surface area contributed by atoms with E-state index in [2.05, 4.69) is 50.1 Å². The molecule has 0 radical (unpaired) electrons. The van der Waals surface area contributed by atoms with Gasteiger partial charge in [0.1, 0.15) is 0 Å². The van der Waals surface area contributed by atoms with Crippen molar-refractivity contribution in [3.63, 3.8) is 0 Å². The van der Waals surface area contributed by atoms with E-state index in [9.17, 15) is 0 Å². The van der Waals surface area contributed by atoms with E-state index in [1.165, 1.54) is 25.7 Å². The van der Waals surface area contributed by atoms with Crippen LogP contribution in [0.5, 0.6) is 0 Å². The van der Waals surface area contributed by atoms with Gasteiger partial charge >= 0.3 is 36.8 Å². The second kappa shape index (κ2) is 14.1. The number of rotatable bonds is 1. The molecule has 0 saturated heterocycles. The Balaban J connectivity index is 0. The maximum Gasteiger partial charge on any atom is -0.112 e. The van der Waals surface area contributed by atoms with Crippen LogP contribution in [0.1, 0.15) is 25.7 Å². The minimum absolute atomic E-state index is 0.933. The molecule has 0 aromatic carbocycles. The molecule has 0 atom stereocenters. The fourth-order valence-electron chi connectivity index (χ4n) is 0.856. The van der Waals surface area contributed by atoms with Crippen LogP contribution in [0.2, 0.25) is 4.89 Å². The van der Waals surface area contributed by atoms with E-state index in [1.807, 2.05) is 6.08 Å². The monoisotopic (exact) mass is 354 g/mol. The Morgan fingerprint density at radius 3 is 1.24 bits per heavy atom. The van der Waals surface area contributed by atoms with Gasteiger partial charge in [-0.15, -0.1) is 10.2 Å². The van der Waals surface area contributed by atoms with Crippen molar-refractivity contribution in [1.29, 1.82) is 0 Å². The fraction of sp³-hybridized carbons (Fsp3) is 0.455.